The van der Waals surface area contributed by atoms with Crippen molar-refractivity contribution in [3.05, 3.63) is 76.1 Å². The van der Waals surface area contributed by atoms with E-state index in [0.29, 0.717) is 0 Å². The third kappa shape index (κ3) is 2.53. The smallest absolute Gasteiger partial charge is 0.143 e. The van der Waals surface area contributed by atoms with Crippen molar-refractivity contribution in [3.63, 3.8) is 0 Å². The highest BCUT2D eigenvalue weighted by Gasteiger charge is 2.09. The number of carbonyl (C=O) groups is 1. The van der Waals surface area contributed by atoms with Crippen LogP contribution in [0.4, 0.5) is 0 Å². The molecule has 98 valence electrons. The lowest BCUT2D eigenvalue weighted by Gasteiger charge is -2.03. The Hall–Kier alpha value is -1.90. The quantitative estimate of drug-likeness (QED) is 0.480. The molecular formula is C17H11ClOS. The maximum Gasteiger partial charge on any atom is 0.143 e. The number of allylic oxidation sites excluding steroid dienone is 1. The fourth-order valence-electron chi connectivity index (χ4n) is 2.15. The van der Waals surface area contributed by atoms with Crippen LogP contribution in [0, 0.1) is 0 Å². The van der Waals surface area contributed by atoms with Crippen LogP contribution >= 0.6 is 22.9 Å². The van der Waals surface area contributed by atoms with Crippen LogP contribution in [0.3, 0.4) is 0 Å². The second-order valence-electron chi connectivity index (χ2n) is 4.38. The number of rotatable bonds is 3. The van der Waals surface area contributed by atoms with Crippen LogP contribution < -0.4 is 0 Å². The van der Waals surface area contributed by atoms with Gasteiger partial charge in [-0.25, -0.2) is 0 Å². The van der Waals surface area contributed by atoms with Crippen molar-refractivity contribution in [1.29, 1.82) is 0 Å². The van der Waals surface area contributed by atoms with Crippen molar-refractivity contribution in [3.8, 4) is 0 Å². The van der Waals surface area contributed by atoms with Crippen molar-refractivity contribution >= 4 is 44.9 Å². The summed E-state index contributed by atoms with van der Waals surface area (Å²) in [4.78, 5) is 12.0. The summed E-state index contributed by atoms with van der Waals surface area (Å²) in [6.07, 6.45) is 2.45. The van der Waals surface area contributed by atoms with Gasteiger partial charge >= 0.3 is 0 Å². The summed E-state index contributed by atoms with van der Waals surface area (Å²) in [6, 6.07) is 17.8. The summed E-state index contributed by atoms with van der Waals surface area (Å²) >= 11 is 7.68. The van der Waals surface area contributed by atoms with Gasteiger partial charge in [0.1, 0.15) is 6.29 Å². The first-order valence-electron chi connectivity index (χ1n) is 6.18. The molecule has 0 aliphatic heterocycles. The average molecular weight is 299 g/mol. The van der Waals surface area contributed by atoms with Gasteiger partial charge in [-0.1, -0.05) is 41.9 Å². The van der Waals surface area contributed by atoms with Gasteiger partial charge in [0.2, 0.25) is 0 Å². The van der Waals surface area contributed by atoms with E-state index in [-0.39, 0.29) is 0 Å². The molecule has 0 aliphatic rings. The van der Waals surface area contributed by atoms with Crippen molar-refractivity contribution in [2.75, 3.05) is 0 Å². The second-order valence-corrected chi connectivity index (χ2v) is 5.90. The zero-order valence-electron chi connectivity index (χ0n) is 10.5. The third-order valence-corrected chi connectivity index (χ3v) is 4.45. The summed E-state index contributed by atoms with van der Waals surface area (Å²) in [5.41, 5.74) is 1.98. The highest BCUT2D eigenvalue weighted by molar-refractivity contribution is 7.20. The van der Waals surface area contributed by atoms with E-state index in [1.54, 1.807) is 17.4 Å². The largest absolute Gasteiger partial charge is 0.299 e. The van der Waals surface area contributed by atoms with Crippen LogP contribution in [-0.2, 0) is 4.79 Å². The first kappa shape index (κ1) is 13.1. The van der Waals surface area contributed by atoms with Gasteiger partial charge < -0.3 is 0 Å². The summed E-state index contributed by atoms with van der Waals surface area (Å²) in [6.45, 7) is 0. The molecule has 1 heterocycles. The zero-order chi connectivity index (χ0) is 13.9. The Morgan fingerprint density at radius 1 is 1.05 bits per heavy atom. The van der Waals surface area contributed by atoms with E-state index in [2.05, 4.69) is 6.07 Å². The fraction of sp³-hybridized carbons (Fsp3) is 0. The SMILES string of the molecule is O=C/C=C(\c1ccccc1)c1cc2cc(Cl)ccc2s1. The highest BCUT2D eigenvalue weighted by Crippen LogP contribution is 2.34. The molecule has 0 aliphatic carbocycles. The average Bonchev–Trinajstić information content (AvgIpc) is 2.88. The Morgan fingerprint density at radius 3 is 2.60 bits per heavy atom. The molecule has 0 unspecified atom stereocenters. The predicted molar refractivity (Wildman–Crippen MR) is 86.4 cm³/mol. The molecule has 0 atom stereocenters. The molecule has 1 nitrogen and oxygen atoms in total. The first-order chi connectivity index (χ1) is 9.78. The topological polar surface area (TPSA) is 17.1 Å². The van der Waals surface area contributed by atoms with E-state index in [9.17, 15) is 4.79 Å². The normalized spacial score (nSPS) is 11.8. The predicted octanol–water partition coefficient (Wildman–Crippen LogP) is 5.19. The summed E-state index contributed by atoms with van der Waals surface area (Å²) < 4.78 is 1.16. The van der Waals surface area contributed by atoms with Gasteiger partial charge in [0, 0.05) is 20.2 Å². The Bertz CT molecular complexity index is 787. The lowest BCUT2D eigenvalue weighted by Crippen LogP contribution is -1.84. The second kappa shape index (κ2) is 5.61. The Balaban J connectivity index is 2.15. The summed E-state index contributed by atoms with van der Waals surface area (Å²) in [7, 11) is 0. The van der Waals surface area contributed by atoms with Gasteiger partial charge in [-0.3, -0.25) is 4.79 Å². The minimum absolute atomic E-state index is 0.725. The molecule has 0 saturated heterocycles. The maximum absolute atomic E-state index is 10.9. The molecule has 3 rings (SSSR count). The minimum Gasteiger partial charge on any atom is -0.299 e. The molecule has 2 aromatic carbocycles. The first-order valence-corrected chi connectivity index (χ1v) is 7.38. The number of hydrogen-bond donors (Lipinski definition) is 0. The minimum atomic E-state index is 0.725. The summed E-state index contributed by atoms with van der Waals surface area (Å²) in [5.74, 6) is 0. The number of benzene rings is 2. The monoisotopic (exact) mass is 298 g/mol. The maximum atomic E-state index is 10.9. The van der Waals surface area contributed by atoms with Gasteiger partial charge in [-0.05, 0) is 41.3 Å². The van der Waals surface area contributed by atoms with Gasteiger partial charge in [0.25, 0.3) is 0 Å². The van der Waals surface area contributed by atoms with Crippen LogP contribution in [0.15, 0.2) is 60.7 Å². The van der Waals surface area contributed by atoms with Gasteiger partial charge in [0.15, 0.2) is 0 Å². The number of hydrogen-bond acceptors (Lipinski definition) is 2. The molecule has 0 amide bonds. The number of halogens is 1. The van der Waals surface area contributed by atoms with Crippen molar-refractivity contribution < 1.29 is 4.79 Å². The van der Waals surface area contributed by atoms with Gasteiger partial charge in [0.05, 0.1) is 0 Å². The number of fused-ring (bicyclic) bond motifs is 1. The van der Waals surface area contributed by atoms with E-state index < -0.39 is 0 Å². The van der Waals surface area contributed by atoms with Gasteiger partial charge in [-0.15, -0.1) is 11.3 Å². The van der Waals surface area contributed by atoms with Crippen LogP contribution in [0.25, 0.3) is 15.7 Å². The Kier molecular flexibility index (Phi) is 3.68. The molecule has 20 heavy (non-hydrogen) atoms. The highest BCUT2D eigenvalue weighted by atomic mass is 35.5. The molecule has 0 fully saturated rings. The van der Waals surface area contributed by atoms with Crippen molar-refractivity contribution in [1.82, 2.24) is 0 Å². The Morgan fingerprint density at radius 2 is 1.85 bits per heavy atom. The van der Waals surface area contributed by atoms with E-state index in [0.717, 1.165) is 37.4 Å². The van der Waals surface area contributed by atoms with Crippen molar-refractivity contribution in [2.24, 2.45) is 0 Å². The lowest BCUT2D eigenvalue weighted by atomic mass is 10.0. The molecule has 0 radical (unpaired) electrons. The Labute approximate surface area is 126 Å². The molecule has 3 heteroatoms. The van der Waals surface area contributed by atoms with E-state index in [1.165, 1.54) is 0 Å². The molecule has 0 spiro atoms. The lowest BCUT2D eigenvalue weighted by molar-refractivity contribution is -0.104. The van der Waals surface area contributed by atoms with Crippen LogP contribution in [0.1, 0.15) is 10.4 Å². The molecule has 0 saturated carbocycles. The molecule has 0 bridgehead atoms. The number of thiophene rings is 1. The van der Waals surface area contributed by atoms with Crippen LogP contribution in [0.2, 0.25) is 5.02 Å². The van der Waals surface area contributed by atoms with E-state index >= 15 is 0 Å². The molecule has 0 N–H and O–H groups in total. The molecule has 1 aromatic heterocycles. The molecule has 3 aromatic rings. The van der Waals surface area contributed by atoms with Gasteiger partial charge in [-0.2, -0.15) is 0 Å². The van der Waals surface area contributed by atoms with E-state index in [4.69, 9.17) is 11.6 Å². The zero-order valence-corrected chi connectivity index (χ0v) is 12.1. The third-order valence-electron chi connectivity index (χ3n) is 3.06. The summed E-state index contributed by atoms with van der Waals surface area (Å²) in [5, 5.41) is 1.83. The van der Waals surface area contributed by atoms with Crippen LogP contribution in [-0.4, -0.2) is 6.29 Å². The van der Waals surface area contributed by atoms with Crippen molar-refractivity contribution in [2.45, 2.75) is 0 Å². The standard InChI is InChI=1S/C17H11ClOS/c18-14-6-7-16-13(10-14)11-17(20-16)15(8-9-19)12-4-2-1-3-5-12/h1-11H/b15-8+. The van der Waals surface area contributed by atoms with Crippen LogP contribution in [0.5, 0.6) is 0 Å². The molecular weight excluding hydrogens is 288 g/mol. The fourth-order valence-corrected chi connectivity index (χ4v) is 3.42. The number of carbonyl (C=O) groups excluding carboxylic acids is 1. The van der Waals surface area contributed by atoms with E-state index in [1.807, 2.05) is 48.5 Å². The number of aldehydes is 1.